The van der Waals surface area contributed by atoms with Gasteiger partial charge in [0.05, 0.1) is 11.5 Å². The first-order valence-electron chi connectivity index (χ1n) is 17.2. The lowest BCUT2D eigenvalue weighted by atomic mass is 9.33. The van der Waals surface area contributed by atoms with Crippen LogP contribution in [0, 0.1) is 47.3 Å². The average molecular weight is 563 g/mol. The molecule has 0 N–H and O–H groups in total. The maximum atomic E-state index is 6.12. The number of hydrogen-bond acceptors (Lipinski definition) is 2. The Balaban J connectivity index is 1.21. The van der Waals surface area contributed by atoms with Crippen molar-refractivity contribution >= 4 is 0 Å². The van der Waals surface area contributed by atoms with Gasteiger partial charge in [0.2, 0.25) is 0 Å². The molecule has 42 heavy (non-hydrogen) atoms. The molecule has 6 unspecified atom stereocenters. The first kappa shape index (κ1) is 27.1. The lowest BCUT2D eigenvalue weighted by molar-refractivity contribution is -0.163. The molecular formula is C40H50O2. The van der Waals surface area contributed by atoms with Gasteiger partial charge in [0.25, 0.3) is 0 Å². The molecule has 2 aromatic rings. The molecule has 2 aromatic carbocycles. The summed E-state index contributed by atoms with van der Waals surface area (Å²) < 4.78 is 12.2. The summed E-state index contributed by atoms with van der Waals surface area (Å²) in [5, 5.41) is 0. The van der Waals surface area contributed by atoms with Gasteiger partial charge in [-0.25, -0.2) is 0 Å². The zero-order valence-electron chi connectivity index (χ0n) is 26.3. The maximum Gasteiger partial charge on any atom is 0.126 e. The molecule has 8 fully saturated rings. The van der Waals surface area contributed by atoms with Crippen molar-refractivity contribution in [3.8, 4) is 11.5 Å². The van der Waals surface area contributed by atoms with E-state index in [1.165, 1.54) is 64.2 Å². The predicted molar refractivity (Wildman–Crippen MR) is 170 cm³/mol. The molecule has 10 rings (SSSR count). The molecule has 0 amide bonds. The highest BCUT2D eigenvalue weighted by Crippen LogP contribution is 2.73. The molecule has 2 nitrogen and oxygen atoms in total. The third-order valence-electron chi connectivity index (χ3n) is 13.4. The Hall–Kier alpha value is -2.48. The molecule has 0 aliphatic heterocycles. The second-order valence-electron chi connectivity index (χ2n) is 15.6. The van der Waals surface area contributed by atoms with E-state index in [-0.39, 0.29) is 0 Å². The van der Waals surface area contributed by atoms with Gasteiger partial charge in [0.1, 0.15) is 11.5 Å². The molecule has 0 aromatic heterocycles. The summed E-state index contributed by atoms with van der Waals surface area (Å²) >= 11 is 0. The Bertz CT molecular complexity index is 1240. The number of hydrogen-bond donors (Lipinski definition) is 0. The minimum absolute atomic E-state index is 0.335. The molecule has 0 heterocycles. The van der Waals surface area contributed by atoms with E-state index in [9.17, 15) is 0 Å². The Labute approximate surface area is 254 Å². The van der Waals surface area contributed by atoms with Crippen LogP contribution in [0.25, 0.3) is 0 Å². The summed E-state index contributed by atoms with van der Waals surface area (Å²) in [7, 11) is 0. The van der Waals surface area contributed by atoms with E-state index < -0.39 is 0 Å². The van der Waals surface area contributed by atoms with Crippen molar-refractivity contribution < 1.29 is 9.47 Å². The van der Waals surface area contributed by atoms with Gasteiger partial charge in [-0.3, -0.25) is 0 Å². The third kappa shape index (κ3) is 4.17. The molecule has 6 atom stereocenters. The molecule has 0 saturated heterocycles. The second-order valence-corrected chi connectivity index (χ2v) is 15.6. The van der Waals surface area contributed by atoms with Crippen LogP contribution in [0.15, 0.2) is 72.2 Å². The van der Waals surface area contributed by atoms with Gasteiger partial charge in [-0.1, -0.05) is 24.3 Å². The smallest absolute Gasteiger partial charge is 0.126 e. The lowest BCUT2D eigenvalue weighted by Gasteiger charge is -2.71. The normalized spacial score (nSPS) is 41.8. The fourth-order valence-corrected chi connectivity index (χ4v) is 12.5. The minimum Gasteiger partial charge on any atom is -0.462 e. The number of fused-ring (bicyclic) bond motifs is 1. The molecule has 2 heteroatoms. The van der Waals surface area contributed by atoms with Gasteiger partial charge in [0.15, 0.2) is 0 Å². The molecule has 0 radical (unpaired) electrons. The molecule has 8 saturated carbocycles. The van der Waals surface area contributed by atoms with E-state index in [1.54, 1.807) is 11.1 Å². The highest BCUT2D eigenvalue weighted by molar-refractivity contribution is 5.41. The maximum absolute atomic E-state index is 6.12. The largest absolute Gasteiger partial charge is 0.462 e. The SMILES string of the molecule is CC=C(C)Oc1ccc(C23CC4CC(CC(C4)C2C2C4CC5CC(C4)CC2(c2ccc(OC(C)=CC)cc2)C5)C3)cc1. The van der Waals surface area contributed by atoms with Crippen molar-refractivity contribution in [2.24, 2.45) is 47.3 Å². The molecule has 8 aliphatic carbocycles. The van der Waals surface area contributed by atoms with Crippen molar-refractivity contribution in [3.63, 3.8) is 0 Å². The van der Waals surface area contributed by atoms with E-state index >= 15 is 0 Å². The van der Waals surface area contributed by atoms with Gasteiger partial charge < -0.3 is 9.47 Å². The van der Waals surface area contributed by atoms with Crippen molar-refractivity contribution in [2.45, 2.75) is 103 Å². The highest BCUT2D eigenvalue weighted by Gasteiger charge is 2.67. The zero-order valence-corrected chi connectivity index (χ0v) is 26.3. The first-order chi connectivity index (χ1) is 20.4. The summed E-state index contributed by atoms with van der Waals surface area (Å²) in [5.74, 6) is 11.0. The topological polar surface area (TPSA) is 18.5 Å². The van der Waals surface area contributed by atoms with E-state index in [0.29, 0.717) is 10.8 Å². The van der Waals surface area contributed by atoms with Crippen LogP contribution in [0.1, 0.15) is 103 Å². The number of benzene rings is 2. The summed E-state index contributed by atoms with van der Waals surface area (Å²) in [6.07, 6.45) is 18.7. The third-order valence-corrected chi connectivity index (χ3v) is 13.4. The molecule has 0 spiro atoms. The van der Waals surface area contributed by atoms with Gasteiger partial charge in [0, 0.05) is 0 Å². The molecular weight excluding hydrogens is 512 g/mol. The van der Waals surface area contributed by atoms with Gasteiger partial charge in [-0.05, 0) is 198 Å². The Kier molecular flexibility index (Phi) is 6.47. The quantitative estimate of drug-likeness (QED) is 0.313. The van der Waals surface area contributed by atoms with E-state index in [0.717, 1.165) is 70.4 Å². The van der Waals surface area contributed by atoms with Crippen LogP contribution in [0.3, 0.4) is 0 Å². The predicted octanol–water partition coefficient (Wildman–Crippen LogP) is 10.4. The van der Waals surface area contributed by atoms with E-state index in [2.05, 4.69) is 88.4 Å². The highest BCUT2D eigenvalue weighted by atomic mass is 16.5. The van der Waals surface area contributed by atoms with Crippen LogP contribution in [0.2, 0.25) is 0 Å². The second kappa shape index (κ2) is 10.0. The summed E-state index contributed by atoms with van der Waals surface area (Å²) in [6.45, 7) is 8.20. The van der Waals surface area contributed by atoms with Gasteiger partial charge in [-0.15, -0.1) is 0 Å². The lowest BCUT2D eigenvalue weighted by Crippen LogP contribution is -2.65. The fraction of sp³-hybridized carbons (Fsp3) is 0.600. The van der Waals surface area contributed by atoms with Crippen molar-refractivity contribution in [1.29, 1.82) is 0 Å². The van der Waals surface area contributed by atoms with Crippen molar-refractivity contribution in [1.82, 2.24) is 0 Å². The minimum atomic E-state index is 0.335. The van der Waals surface area contributed by atoms with E-state index in [1.807, 2.05) is 0 Å². The summed E-state index contributed by atoms with van der Waals surface area (Å²) in [5.41, 5.74) is 3.93. The zero-order chi connectivity index (χ0) is 28.6. The van der Waals surface area contributed by atoms with Crippen LogP contribution in [-0.4, -0.2) is 0 Å². The van der Waals surface area contributed by atoms with E-state index in [4.69, 9.17) is 9.47 Å². The van der Waals surface area contributed by atoms with Crippen molar-refractivity contribution in [2.75, 3.05) is 0 Å². The van der Waals surface area contributed by atoms with Crippen LogP contribution in [0.5, 0.6) is 11.5 Å². The summed E-state index contributed by atoms with van der Waals surface area (Å²) in [4.78, 5) is 0. The Morgan fingerprint density at radius 3 is 1.19 bits per heavy atom. The average Bonchev–Trinajstić information content (AvgIpc) is 2.98. The number of allylic oxidation sites excluding steroid dienone is 4. The standard InChI is InChI=1S/C40H50O2/c1-5-25(3)41-35-11-7-33(8-12-35)39-21-27-15-28(22-39)18-31(17-27)37(39)38-32-19-29-16-30(20-32)24-40(38,23-29)34-9-13-36(14-10-34)42-26(4)6-2/h5-14,27-32,37-38H,15-24H2,1-4H3. The van der Waals surface area contributed by atoms with Crippen LogP contribution in [0.4, 0.5) is 0 Å². The van der Waals surface area contributed by atoms with Gasteiger partial charge >= 0.3 is 0 Å². The Morgan fingerprint density at radius 1 is 0.548 bits per heavy atom. The first-order valence-corrected chi connectivity index (χ1v) is 17.2. The van der Waals surface area contributed by atoms with Crippen LogP contribution >= 0.6 is 0 Å². The summed E-state index contributed by atoms with van der Waals surface area (Å²) in [6, 6.07) is 19.0. The Morgan fingerprint density at radius 2 is 0.881 bits per heavy atom. The van der Waals surface area contributed by atoms with Crippen LogP contribution in [-0.2, 0) is 10.8 Å². The number of ether oxygens (including phenoxy) is 2. The number of rotatable bonds is 7. The van der Waals surface area contributed by atoms with Crippen LogP contribution < -0.4 is 9.47 Å². The molecule has 8 aliphatic rings. The van der Waals surface area contributed by atoms with Gasteiger partial charge in [-0.2, -0.15) is 0 Å². The fourth-order valence-electron chi connectivity index (χ4n) is 12.5. The monoisotopic (exact) mass is 562 g/mol. The molecule has 8 bridgehead atoms. The van der Waals surface area contributed by atoms with Crippen molar-refractivity contribution in [3.05, 3.63) is 83.3 Å². The molecule has 222 valence electrons.